The maximum Gasteiger partial charge on any atom is 0.162 e. The highest BCUT2D eigenvalue weighted by Gasteiger charge is 2.12. The van der Waals surface area contributed by atoms with E-state index >= 15 is 0 Å². The number of hydrogen-bond donors (Lipinski definition) is 1. The first-order chi connectivity index (χ1) is 9.56. The van der Waals surface area contributed by atoms with E-state index < -0.39 is 0 Å². The van der Waals surface area contributed by atoms with Crippen LogP contribution in [0.15, 0.2) is 36.4 Å². The Morgan fingerprint density at radius 1 is 1.00 bits per heavy atom. The largest absolute Gasteiger partial charge is 0.383 e. The minimum absolute atomic E-state index is 0.331. The van der Waals surface area contributed by atoms with Gasteiger partial charge in [0.15, 0.2) is 5.82 Å². The fourth-order valence-electron chi connectivity index (χ4n) is 2.41. The molecule has 0 atom stereocenters. The Morgan fingerprint density at radius 2 is 1.70 bits per heavy atom. The molecule has 0 saturated heterocycles. The third-order valence-electron chi connectivity index (χ3n) is 3.39. The van der Waals surface area contributed by atoms with Crippen LogP contribution in [0.2, 0.25) is 0 Å². The molecule has 0 spiro atoms. The highest BCUT2D eigenvalue weighted by atomic mass is 19.1. The molecule has 0 saturated carbocycles. The summed E-state index contributed by atoms with van der Waals surface area (Å²) in [5, 5.41) is 0.668. The van der Waals surface area contributed by atoms with Gasteiger partial charge in [0.05, 0.1) is 5.52 Å². The van der Waals surface area contributed by atoms with Crippen molar-refractivity contribution in [3.05, 3.63) is 53.3 Å². The second-order valence-electron chi connectivity index (χ2n) is 4.86. The van der Waals surface area contributed by atoms with Crippen LogP contribution in [0.5, 0.6) is 0 Å². The van der Waals surface area contributed by atoms with E-state index in [1.54, 1.807) is 6.07 Å². The van der Waals surface area contributed by atoms with Gasteiger partial charge in [0.1, 0.15) is 11.6 Å². The Morgan fingerprint density at radius 3 is 2.40 bits per heavy atom. The number of aryl methyl sites for hydroxylation is 2. The van der Waals surface area contributed by atoms with Gasteiger partial charge in [-0.05, 0) is 37.1 Å². The average Bonchev–Trinajstić information content (AvgIpc) is 2.38. The topological polar surface area (TPSA) is 51.8 Å². The van der Waals surface area contributed by atoms with Crippen molar-refractivity contribution in [2.75, 3.05) is 5.73 Å². The molecule has 3 nitrogen and oxygen atoms in total. The minimum Gasteiger partial charge on any atom is -0.383 e. The molecular weight excluding hydrogens is 253 g/mol. The van der Waals surface area contributed by atoms with Crippen molar-refractivity contribution in [3.8, 4) is 11.4 Å². The van der Waals surface area contributed by atoms with Gasteiger partial charge in [-0.25, -0.2) is 14.4 Å². The molecular formula is C16H14FN3. The van der Waals surface area contributed by atoms with E-state index in [2.05, 4.69) is 9.97 Å². The maximum absolute atomic E-state index is 13.4. The number of nitrogen functional groups attached to an aromatic ring is 1. The molecule has 3 rings (SSSR count). The van der Waals surface area contributed by atoms with Gasteiger partial charge in [-0.2, -0.15) is 0 Å². The zero-order chi connectivity index (χ0) is 14.3. The third kappa shape index (κ3) is 1.99. The fourth-order valence-corrected chi connectivity index (χ4v) is 2.41. The Labute approximate surface area is 116 Å². The summed E-state index contributed by atoms with van der Waals surface area (Å²) < 4.78 is 13.4. The van der Waals surface area contributed by atoms with Gasteiger partial charge in [0.25, 0.3) is 0 Å². The Balaban J connectivity index is 2.32. The van der Waals surface area contributed by atoms with Gasteiger partial charge in [-0.15, -0.1) is 0 Å². The van der Waals surface area contributed by atoms with Gasteiger partial charge in [-0.3, -0.25) is 0 Å². The average molecular weight is 267 g/mol. The normalized spacial score (nSPS) is 10.9. The lowest BCUT2D eigenvalue weighted by Crippen LogP contribution is -2.00. The standard InChI is InChI=1S/C16H14FN3/c1-9-4-3-5-10(2)14(9)16-19-13-8-11(17)6-7-12(13)15(18)20-16/h3-8H,1-2H3,(H2,18,19,20). The number of benzene rings is 2. The quantitative estimate of drug-likeness (QED) is 0.732. The molecule has 0 amide bonds. The van der Waals surface area contributed by atoms with Crippen molar-refractivity contribution in [1.82, 2.24) is 9.97 Å². The van der Waals surface area contributed by atoms with Crippen LogP contribution in [-0.4, -0.2) is 9.97 Å². The predicted molar refractivity (Wildman–Crippen MR) is 78.8 cm³/mol. The van der Waals surface area contributed by atoms with Gasteiger partial charge >= 0.3 is 0 Å². The molecule has 0 aliphatic heterocycles. The first-order valence-electron chi connectivity index (χ1n) is 6.35. The van der Waals surface area contributed by atoms with Crippen molar-refractivity contribution in [1.29, 1.82) is 0 Å². The van der Waals surface area contributed by atoms with Gasteiger partial charge in [0, 0.05) is 17.0 Å². The van der Waals surface area contributed by atoms with E-state index in [1.807, 2.05) is 32.0 Å². The molecule has 2 aromatic carbocycles. The molecule has 0 unspecified atom stereocenters. The van der Waals surface area contributed by atoms with Crippen molar-refractivity contribution in [2.24, 2.45) is 0 Å². The van der Waals surface area contributed by atoms with E-state index in [1.165, 1.54) is 12.1 Å². The summed E-state index contributed by atoms with van der Waals surface area (Å²) in [7, 11) is 0. The number of hydrogen-bond acceptors (Lipinski definition) is 3. The van der Waals surface area contributed by atoms with Gasteiger partial charge in [0.2, 0.25) is 0 Å². The van der Waals surface area contributed by atoms with Crippen LogP contribution in [0.4, 0.5) is 10.2 Å². The first-order valence-corrected chi connectivity index (χ1v) is 6.35. The summed E-state index contributed by atoms with van der Waals surface area (Å²) in [6.45, 7) is 4.00. The van der Waals surface area contributed by atoms with Crippen LogP contribution in [0, 0.1) is 19.7 Å². The smallest absolute Gasteiger partial charge is 0.162 e. The SMILES string of the molecule is Cc1cccc(C)c1-c1nc(N)c2ccc(F)cc2n1. The summed E-state index contributed by atoms with van der Waals surface area (Å²) in [6.07, 6.45) is 0. The molecule has 0 fully saturated rings. The van der Waals surface area contributed by atoms with E-state index in [9.17, 15) is 4.39 Å². The van der Waals surface area contributed by atoms with Crippen molar-refractivity contribution in [3.63, 3.8) is 0 Å². The number of rotatable bonds is 1. The molecule has 0 aliphatic rings. The fraction of sp³-hybridized carbons (Fsp3) is 0.125. The number of halogens is 1. The van der Waals surface area contributed by atoms with Crippen LogP contribution in [0.1, 0.15) is 11.1 Å². The first kappa shape index (κ1) is 12.5. The van der Waals surface area contributed by atoms with Gasteiger partial charge < -0.3 is 5.73 Å². The molecule has 3 aromatic rings. The minimum atomic E-state index is -0.331. The van der Waals surface area contributed by atoms with Crippen molar-refractivity contribution < 1.29 is 4.39 Å². The summed E-state index contributed by atoms with van der Waals surface area (Å²) in [6, 6.07) is 10.3. The number of nitrogens with two attached hydrogens (primary N) is 1. The van der Waals surface area contributed by atoms with Crippen LogP contribution < -0.4 is 5.73 Å². The van der Waals surface area contributed by atoms with E-state index in [-0.39, 0.29) is 5.82 Å². The monoisotopic (exact) mass is 267 g/mol. The molecule has 0 bridgehead atoms. The lowest BCUT2D eigenvalue weighted by molar-refractivity contribution is 0.629. The molecule has 20 heavy (non-hydrogen) atoms. The molecule has 100 valence electrons. The zero-order valence-electron chi connectivity index (χ0n) is 11.3. The van der Waals surface area contributed by atoms with Crippen LogP contribution in [-0.2, 0) is 0 Å². The molecule has 0 aliphatic carbocycles. The van der Waals surface area contributed by atoms with Crippen LogP contribution in [0.25, 0.3) is 22.3 Å². The molecule has 1 heterocycles. The molecule has 1 aromatic heterocycles. The van der Waals surface area contributed by atoms with E-state index in [0.29, 0.717) is 22.5 Å². The van der Waals surface area contributed by atoms with Gasteiger partial charge in [-0.1, -0.05) is 18.2 Å². The second-order valence-corrected chi connectivity index (χ2v) is 4.86. The van der Waals surface area contributed by atoms with E-state index in [4.69, 9.17) is 5.73 Å². The lowest BCUT2D eigenvalue weighted by atomic mass is 10.0. The second kappa shape index (κ2) is 4.56. The van der Waals surface area contributed by atoms with E-state index in [0.717, 1.165) is 16.7 Å². The highest BCUT2D eigenvalue weighted by Crippen LogP contribution is 2.28. The Kier molecular flexibility index (Phi) is 2.86. The summed E-state index contributed by atoms with van der Waals surface area (Å²) in [4.78, 5) is 8.82. The highest BCUT2D eigenvalue weighted by molar-refractivity contribution is 5.89. The maximum atomic E-state index is 13.4. The lowest BCUT2D eigenvalue weighted by Gasteiger charge is -2.10. The summed E-state index contributed by atoms with van der Waals surface area (Å²) in [5.41, 5.74) is 9.58. The Bertz CT molecular complexity index is 792. The van der Waals surface area contributed by atoms with Crippen molar-refractivity contribution >= 4 is 16.7 Å². The predicted octanol–water partition coefficient (Wildman–Crippen LogP) is 3.63. The number of aromatic nitrogens is 2. The number of nitrogens with zero attached hydrogens (tertiary/aromatic N) is 2. The zero-order valence-corrected chi connectivity index (χ0v) is 11.3. The van der Waals surface area contributed by atoms with Crippen LogP contribution in [0.3, 0.4) is 0 Å². The number of anilines is 1. The molecule has 2 N–H and O–H groups in total. The summed E-state index contributed by atoms with van der Waals surface area (Å²) >= 11 is 0. The van der Waals surface area contributed by atoms with Crippen molar-refractivity contribution in [2.45, 2.75) is 13.8 Å². The molecule has 0 radical (unpaired) electrons. The van der Waals surface area contributed by atoms with Crippen LogP contribution >= 0.6 is 0 Å². The third-order valence-corrected chi connectivity index (χ3v) is 3.39. The molecule has 4 heteroatoms. The Hall–Kier alpha value is -2.49. The number of fused-ring (bicyclic) bond motifs is 1. The summed E-state index contributed by atoms with van der Waals surface area (Å²) in [5.74, 6) is 0.576.